The molecule has 1 aliphatic heterocycles. The lowest BCUT2D eigenvalue weighted by molar-refractivity contribution is -0.0551. The minimum Gasteiger partial charge on any atom is -0.375 e. The predicted molar refractivity (Wildman–Crippen MR) is 165 cm³/mol. The minimum absolute atomic E-state index is 0.0159. The molecule has 0 amide bonds. The Morgan fingerprint density at radius 2 is 1.77 bits per heavy atom. The fourth-order valence-electron chi connectivity index (χ4n) is 6.36. The number of nitrogens with one attached hydrogen (secondary N) is 1. The van der Waals surface area contributed by atoms with E-state index in [0.29, 0.717) is 50.0 Å². The maximum atomic E-state index is 16.4. The third-order valence-electron chi connectivity index (χ3n) is 8.55. The number of benzene rings is 2. The molecule has 8 heteroatoms. The van der Waals surface area contributed by atoms with Crippen molar-refractivity contribution in [1.82, 2.24) is 14.8 Å². The molecule has 4 rings (SSSR count). The summed E-state index contributed by atoms with van der Waals surface area (Å²) >= 11 is 0. The lowest BCUT2D eigenvalue weighted by Crippen LogP contribution is -2.48. The van der Waals surface area contributed by atoms with Crippen molar-refractivity contribution in [2.45, 2.75) is 91.1 Å². The summed E-state index contributed by atoms with van der Waals surface area (Å²) in [4.78, 5) is 6.95. The Kier molecular flexibility index (Phi) is 10.3. The van der Waals surface area contributed by atoms with Crippen molar-refractivity contribution in [2.75, 3.05) is 26.3 Å². The molecule has 0 saturated heterocycles. The zero-order valence-corrected chi connectivity index (χ0v) is 26.2. The van der Waals surface area contributed by atoms with Crippen LogP contribution in [-0.4, -0.2) is 53.1 Å². The molecule has 0 radical (unpaired) electrons. The van der Waals surface area contributed by atoms with Gasteiger partial charge in [0, 0.05) is 53.4 Å². The largest absolute Gasteiger partial charge is 0.375 e. The second-order valence-electron chi connectivity index (χ2n) is 13.3. The van der Waals surface area contributed by atoms with Crippen molar-refractivity contribution in [3.8, 4) is 0 Å². The maximum absolute atomic E-state index is 16.4. The number of aryl methyl sites for hydroxylation is 1. The number of aromatic nitrogens is 1. The van der Waals surface area contributed by atoms with Crippen molar-refractivity contribution in [2.24, 2.45) is 5.41 Å². The smallest absolute Gasteiger partial charge is 0.260 e. The molecule has 3 aromatic rings. The van der Waals surface area contributed by atoms with Crippen LogP contribution in [0, 0.1) is 17.0 Å². The van der Waals surface area contributed by atoms with Crippen LogP contribution in [0.3, 0.4) is 0 Å². The number of halogens is 5. The van der Waals surface area contributed by atoms with Crippen LogP contribution in [0.4, 0.5) is 22.0 Å². The molecule has 1 N–H and O–H groups in total. The van der Waals surface area contributed by atoms with Crippen molar-refractivity contribution in [3.05, 3.63) is 82.7 Å². The fraction of sp³-hybridized carbons (Fsp3) is 0.543. The molecule has 236 valence electrons. The third-order valence-corrected chi connectivity index (χ3v) is 8.55. The van der Waals surface area contributed by atoms with Gasteiger partial charge in [-0.05, 0) is 67.7 Å². The van der Waals surface area contributed by atoms with Crippen molar-refractivity contribution in [3.63, 3.8) is 0 Å². The first kappa shape index (κ1) is 33.0. The lowest BCUT2D eigenvalue weighted by atomic mass is 9.86. The molecule has 2 aromatic carbocycles. The lowest BCUT2D eigenvalue weighted by Gasteiger charge is -2.42. The molecule has 0 spiro atoms. The van der Waals surface area contributed by atoms with Crippen molar-refractivity contribution in [1.29, 1.82) is 0 Å². The van der Waals surface area contributed by atoms with E-state index in [9.17, 15) is 13.2 Å². The van der Waals surface area contributed by atoms with Gasteiger partial charge in [-0.1, -0.05) is 58.5 Å². The Balaban J connectivity index is 1.69. The highest BCUT2D eigenvalue weighted by Gasteiger charge is 2.43. The zero-order valence-electron chi connectivity index (χ0n) is 26.2. The average Bonchev–Trinajstić information content (AvgIpc) is 3.30. The molecule has 43 heavy (non-hydrogen) atoms. The first-order valence-electron chi connectivity index (χ1n) is 15.4. The van der Waals surface area contributed by atoms with E-state index in [-0.39, 0.29) is 23.4 Å². The Hall–Kier alpha value is -2.87. The molecule has 1 aliphatic rings. The molecule has 0 saturated carbocycles. The van der Waals surface area contributed by atoms with Crippen LogP contribution in [0.25, 0.3) is 10.9 Å². The van der Waals surface area contributed by atoms with Gasteiger partial charge < -0.3 is 9.88 Å². The molecule has 0 fully saturated rings. The predicted octanol–water partition coefficient (Wildman–Crippen LogP) is 9.37. The second kappa shape index (κ2) is 13.4. The summed E-state index contributed by atoms with van der Waals surface area (Å²) < 4.78 is 74.9. The number of nitrogens with zero attached hydrogens (tertiary/aromatic N) is 2. The number of rotatable bonds is 13. The van der Waals surface area contributed by atoms with E-state index in [1.807, 2.05) is 31.2 Å². The van der Waals surface area contributed by atoms with Crippen LogP contribution in [0.5, 0.6) is 0 Å². The van der Waals surface area contributed by atoms with Crippen LogP contribution < -0.4 is 0 Å². The Morgan fingerprint density at radius 3 is 2.44 bits per heavy atom. The van der Waals surface area contributed by atoms with E-state index in [0.717, 1.165) is 28.6 Å². The maximum Gasteiger partial charge on any atom is 0.260 e. The van der Waals surface area contributed by atoms with E-state index in [1.165, 1.54) is 19.1 Å². The number of H-pyrrole nitrogens is 1. The number of aromatic amines is 1. The molecular formula is C35H46F5N3. The van der Waals surface area contributed by atoms with E-state index >= 15 is 8.78 Å². The second-order valence-corrected chi connectivity index (χ2v) is 13.3. The number of fused-ring (bicyclic) bond motifs is 3. The zero-order chi connectivity index (χ0) is 31.5. The van der Waals surface area contributed by atoms with Gasteiger partial charge in [-0.25, -0.2) is 17.6 Å². The summed E-state index contributed by atoms with van der Waals surface area (Å²) in [7, 11) is 0. The van der Waals surface area contributed by atoms with Crippen LogP contribution in [0.15, 0.2) is 48.7 Å². The number of allylic oxidation sites excluding steroid dienone is 1. The fourth-order valence-corrected chi connectivity index (χ4v) is 6.36. The normalized spacial score (nSPS) is 17.8. The summed E-state index contributed by atoms with van der Waals surface area (Å²) in [5.74, 6) is -4.46. The Bertz CT molecular complexity index is 1410. The standard InChI is InChI=1S/C35H46F5N3/c1-7-35(39,40)22-43-23(2)20-27-26-13-8-9-14-29(26)41-32(27)33(43)30-28(37)16-15-25(31(30)38)12-10-18-42(19-11-17-36)24(3)21-34(4,5)6/h8-9,13-16,23,33,41H,3,7,10-12,17-22H2,1-2,4-6H3/t23-,33?/m1/s1. The van der Waals surface area contributed by atoms with E-state index in [2.05, 4.69) is 37.2 Å². The number of para-hydroxylation sites is 1. The average molecular weight is 604 g/mol. The molecule has 0 aliphatic carbocycles. The highest BCUT2D eigenvalue weighted by atomic mass is 19.3. The summed E-state index contributed by atoms with van der Waals surface area (Å²) in [6.07, 6.45) is 2.12. The van der Waals surface area contributed by atoms with Crippen LogP contribution in [0.2, 0.25) is 0 Å². The minimum atomic E-state index is -3.01. The number of hydrogen-bond acceptors (Lipinski definition) is 2. The Morgan fingerprint density at radius 1 is 1.07 bits per heavy atom. The van der Waals surface area contributed by atoms with E-state index in [4.69, 9.17) is 0 Å². The van der Waals surface area contributed by atoms with E-state index < -0.39 is 36.8 Å². The monoisotopic (exact) mass is 603 g/mol. The highest BCUT2D eigenvalue weighted by molar-refractivity contribution is 5.85. The molecule has 2 atom stereocenters. The van der Waals surface area contributed by atoms with Gasteiger partial charge in [0.25, 0.3) is 5.92 Å². The number of hydrogen-bond donors (Lipinski definition) is 1. The molecule has 3 nitrogen and oxygen atoms in total. The first-order chi connectivity index (χ1) is 20.3. The summed E-state index contributed by atoms with van der Waals surface area (Å²) in [5, 5.41) is 0.942. The van der Waals surface area contributed by atoms with Crippen LogP contribution >= 0.6 is 0 Å². The van der Waals surface area contributed by atoms with Crippen LogP contribution in [0.1, 0.15) is 88.7 Å². The van der Waals surface area contributed by atoms with Gasteiger partial charge in [-0.3, -0.25) is 9.29 Å². The summed E-state index contributed by atoms with van der Waals surface area (Å²) in [5.41, 5.74) is 3.36. The van der Waals surface area contributed by atoms with Gasteiger partial charge in [-0.2, -0.15) is 0 Å². The summed E-state index contributed by atoms with van der Waals surface area (Å²) in [6.45, 7) is 13.9. The van der Waals surface area contributed by atoms with Crippen LogP contribution in [-0.2, 0) is 12.8 Å². The molecular weight excluding hydrogens is 557 g/mol. The molecule has 1 unspecified atom stereocenters. The first-order valence-corrected chi connectivity index (χ1v) is 15.4. The van der Waals surface area contributed by atoms with E-state index in [1.54, 1.807) is 4.90 Å². The van der Waals surface area contributed by atoms with Gasteiger partial charge in [0.15, 0.2) is 0 Å². The van der Waals surface area contributed by atoms with Gasteiger partial charge in [-0.15, -0.1) is 0 Å². The number of alkyl halides is 3. The van der Waals surface area contributed by atoms with Crippen molar-refractivity contribution < 1.29 is 22.0 Å². The quantitative estimate of drug-likeness (QED) is 0.197. The van der Waals surface area contributed by atoms with Gasteiger partial charge >= 0.3 is 0 Å². The third kappa shape index (κ3) is 7.62. The Labute approximate surface area is 253 Å². The van der Waals surface area contributed by atoms with Crippen molar-refractivity contribution >= 4 is 10.9 Å². The van der Waals surface area contributed by atoms with Gasteiger partial charge in [0.2, 0.25) is 0 Å². The molecule has 1 aromatic heterocycles. The SMILES string of the molecule is C=C(CC(C)(C)C)N(CCCF)CCCc1ccc(F)c(C2c3[nH]c4ccccc4c3C[C@@H](C)N2CC(F)(F)CC)c1F. The van der Waals surface area contributed by atoms with Gasteiger partial charge in [0.1, 0.15) is 11.6 Å². The topological polar surface area (TPSA) is 22.3 Å². The molecule has 2 heterocycles. The molecule has 0 bridgehead atoms. The summed E-state index contributed by atoms with van der Waals surface area (Å²) in [6, 6.07) is 8.94. The highest BCUT2D eigenvalue weighted by Crippen LogP contribution is 2.44. The van der Waals surface area contributed by atoms with Gasteiger partial charge in [0.05, 0.1) is 19.3 Å².